The van der Waals surface area contributed by atoms with E-state index in [4.69, 9.17) is 0 Å². The minimum atomic E-state index is -0.403. The van der Waals surface area contributed by atoms with Gasteiger partial charge in [0, 0.05) is 30.5 Å². The Morgan fingerprint density at radius 2 is 1.84 bits per heavy atom. The fourth-order valence-electron chi connectivity index (χ4n) is 3.97. The van der Waals surface area contributed by atoms with Crippen LogP contribution in [0.5, 0.6) is 0 Å². The van der Waals surface area contributed by atoms with Crippen LogP contribution in [0.4, 0.5) is 8.78 Å². The summed E-state index contributed by atoms with van der Waals surface area (Å²) in [6.45, 7) is 0.601. The second-order valence-electron chi connectivity index (χ2n) is 7.72. The lowest BCUT2D eigenvalue weighted by Gasteiger charge is -2.34. The van der Waals surface area contributed by atoms with Gasteiger partial charge in [0.1, 0.15) is 17.5 Å². The lowest BCUT2D eigenvalue weighted by atomic mass is 10.00. The Hall–Kier alpha value is -3.35. The number of Topliss-reactive ketones (excluding diaryl/α,β-unsaturated/α-hetero) is 1. The number of halogens is 2. The van der Waals surface area contributed by atoms with E-state index < -0.39 is 5.82 Å². The first-order valence-corrected chi connectivity index (χ1v) is 10.4. The summed E-state index contributed by atoms with van der Waals surface area (Å²) < 4.78 is 26.6. The first-order chi connectivity index (χ1) is 15.0. The molecule has 4 rings (SSSR count). The van der Waals surface area contributed by atoms with Crippen LogP contribution >= 0.6 is 0 Å². The van der Waals surface area contributed by atoms with E-state index in [0.717, 1.165) is 19.3 Å². The number of benzene rings is 2. The number of aromatic nitrogens is 2. The molecule has 7 heteroatoms. The number of rotatable bonds is 6. The summed E-state index contributed by atoms with van der Waals surface area (Å²) in [5.41, 5.74) is 1.78. The standard InChI is InChI=1S/C24H23F2N3O2/c25-18-9-7-16(8-10-18)22(30)11-12-23(31)29-13-2-1-6-21(29)24-27-15-20(28-24)17-4-3-5-19(26)14-17/h3-5,7-10,14-15,21H,1-2,6,11-13H2,(H,27,28). The molecule has 0 radical (unpaired) electrons. The van der Waals surface area contributed by atoms with Gasteiger partial charge >= 0.3 is 0 Å². The smallest absolute Gasteiger partial charge is 0.223 e. The Balaban J connectivity index is 1.44. The molecule has 5 nitrogen and oxygen atoms in total. The number of hydrogen-bond acceptors (Lipinski definition) is 3. The van der Waals surface area contributed by atoms with Gasteiger partial charge in [-0.15, -0.1) is 0 Å². The number of carbonyl (C=O) groups excluding carboxylic acids is 2. The maximum atomic E-state index is 13.5. The molecule has 31 heavy (non-hydrogen) atoms. The predicted octanol–water partition coefficient (Wildman–Crippen LogP) is 5.07. The third kappa shape index (κ3) is 4.87. The van der Waals surface area contributed by atoms with Gasteiger partial charge in [-0.05, 0) is 55.7 Å². The number of hydrogen-bond donors (Lipinski definition) is 1. The zero-order valence-electron chi connectivity index (χ0n) is 17.0. The van der Waals surface area contributed by atoms with Crippen LogP contribution < -0.4 is 0 Å². The molecule has 1 amide bonds. The SMILES string of the molecule is O=C(CCC(=O)N1CCCCC1c1ncc(-c2cccc(F)c2)[nH]1)c1ccc(F)cc1. The highest BCUT2D eigenvalue weighted by Crippen LogP contribution is 2.31. The van der Waals surface area contributed by atoms with Gasteiger partial charge in [-0.25, -0.2) is 13.8 Å². The average molecular weight is 423 g/mol. The first-order valence-electron chi connectivity index (χ1n) is 10.4. The average Bonchev–Trinajstić information content (AvgIpc) is 3.28. The van der Waals surface area contributed by atoms with Crippen LogP contribution in [0.3, 0.4) is 0 Å². The molecule has 0 saturated carbocycles. The van der Waals surface area contributed by atoms with Crippen molar-refractivity contribution in [3.05, 3.63) is 77.8 Å². The Morgan fingerprint density at radius 1 is 1.03 bits per heavy atom. The molecule has 1 aromatic heterocycles. The fraction of sp³-hybridized carbons (Fsp3) is 0.292. The lowest BCUT2D eigenvalue weighted by molar-refractivity contribution is -0.135. The zero-order chi connectivity index (χ0) is 21.8. The van der Waals surface area contributed by atoms with E-state index in [9.17, 15) is 18.4 Å². The van der Waals surface area contributed by atoms with E-state index in [2.05, 4.69) is 9.97 Å². The van der Waals surface area contributed by atoms with Gasteiger partial charge in [-0.1, -0.05) is 12.1 Å². The molecule has 1 atom stereocenters. The molecule has 1 saturated heterocycles. The largest absolute Gasteiger partial charge is 0.340 e. The van der Waals surface area contributed by atoms with Crippen molar-refractivity contribution in [1.82, 2.24) is 14.9 Å². The molecule has 1 fully saturated rings. The van der Waals surface area contributed by atoms with Gasteiger partial charge in [0.05, 0.1) is 17.9 Å². The molecule has 1 aliphatic heterocycles. The minimum absolute atomic E-state index is 0.0698. The van der Waals surface area contributed by atoms with Crippen molar-refractivity contribution in [3.8, 4) is 11.3 Å². The molecule has 1 unspecified atom stereocenters. The number of piperidine rings is 1. The van der Waals surface area contributed by atoms with E-state index in [1.165, 1.54) is 36.4 Å². The summed E-state index contributed by atoms with van der Waals surface area (Å²) in [6.07, 6.45) is 4.45. The number of likely N-dealkylation sites (tertiary alicyclic amines) is 1. The quantitative estimate of drug-likeness (QED) is 0.563. The second kappa shape index (κ2) is 9.20. The number of imidazole rings is 1. The molecule has 3 aromatic rings. The van der Waals surface area contributed by atoms with Gasteiger partial charge in [-0.2, -0.15) is 0 Å². The third-order valence-electron chi connectivity index (χ3n) is 5.60. The van der Waals surface area contributed by atoms with Crippen LogP contribution in [0, 0.1) is 11.6 Å². The van der Waals surface area contributed by atoms with Crippen LogP contribution in [-0.2, 0) is 4.79 Å². The predicted molar refractivity (Wildman–Crippen MR) is 112 cm³/mol. The number of carbonyl (C=O) groups is 2. The van der Waals surface area contributed by atoms with Crippen molar-refractivity contribution in [2.24, 2.45) is 0 Å². The topological polar surface area (TPSA) is 66.1 Å². The Bertz CT molecular complexity index is 1080. The summed E-state index contributed by atoms with van der Waals surface area (Å²) in [5.74, 6) is -0.358. The van der Waals surface area contributed by atoms with E-state index in [1.54, 1.807) is 23.2 Å². The van der Waals surface area contributed by atoms with Crippen molar-refractivity contribution >= 4 is 11.7 Å². The van der Waals surface area contributed by atoms with Crippen molar-refractivity contribution in [2.75, 3.05) is 6.54 Å². The Labute approximate surface area is 179 Å². The van der Waals surface area contributed by atoms with Crippen LogP contribution in [0.1, 0.15) is 54.3 Å². The third-order valence-corrected chi connectivity index (χ3v) is 5.60. The van der Waals surface area contributed by atoms with Crippen molar-refractivity contribution in [3.63, 3.8) is 0 Å². The first kappa shape index (κ1) is 20.9. The summed E-state index contributed by atoms with van der Waals surface area (Å²) in [6, 6.07) is 11.4. The maximum Gasteiger partial charge on any atom is 0.223 e. The molecule has 1 aliphatic rings. The van der Waals surface area contributed by atoms with Gasteiger partial charge in [0.2, 0.25) is 5.91 Å². The molecule has 0 aliphatic carbocycles. The molecule has 0 spiro atoms. The molecule has 1 N–H and O–H groups in total. The summed E-state index contributed by atoms with van der Waals surface area (Å²) in [5, 5.41) is 0. The highest BCUT2D eigenvalue weighted by Gasteiger charge is 2.30. The van der Waals surface area contributed by atoms with Crippen molar-refractivity contribution < 1.29 is 18.4 Å². The van der Waals surface area contributed by atoms with E-state index in [1.807, 2.05) is 0 Å². The van der Waals surface area contributed by atoms with Gasteiger partial charge in [-0.3, -0.25) is 9.59 Å². The van der Waals surface area contributed by atoms with Crippen LogP contribution in [-0.4, -0.2) is 33.1 Å². The normalized spacial score (nSPS) is 16.3. The van der Waals surface area contributed by atoms with Gasteiger partial charge in [0.15, 0.2) is 5.78 Å². The number of nitrogens with zero attached hydrogens (tertiary/aromatic N) is 2. The van der Waals surface area contributed by atoms with Crippen LogP contribution in [0.2, 0.25) is 0 Å². The molecular formula is C24H23F2N3O2. The summed E-state index contributed by atoms with van der Waals surface area (Å²) in [7, 11) is 0. The minimum Gasteiger partial charge on any atom is -0.340 e. The summed E-state index contributed by atoms with van der Waals surface area (Å²) in [4.78, 5) is 34.7. The Morgan fingerprint density at radius 3 is 2.61 bits per heavy atom. The molecular weight excluding hydrogens is 400 g/mol. The van der Waals surface area contributed by atoms with Gasteiger partial charge in [0.25, 0.3) is 0 Å². The number of aromatic amines is 1. The van der Waals surface area contributed by atoms with Crippen molar-refractivity contribution in [1.29, 1.82) is 0 Å². The molecule has 0 bridgehead atoms. The highest BCUT2D eigenvalue weighted by molar-refractivity contribution is 5.97. The second-order valence-corrected chi connectivity index (χ2v) is 7.72. The monoisotopic (exact) mass is 423 g/mol. The van der Waals surface area contributed by atoms with Crippen LogP contribution in [0.25, 0.3) is 11.3 Å². The van der Waals surface area contributed by atoms with E-state index in [-0.39, 0.29) is 36.4 Å². The summed E-state index contributed by atoms with van der Waals surface area (Å²) >= 11 is 0. The molecule has 2 heterocycles. The zero-order valence-corrected chi connectivity index (χ0v) is 17.0. The van der Waals surface area contributed by atoms with Crippen LogP contribution in [0.15, 0.2) is 54.7 Å². The molecule has 2 aromatic carbocycles. The highest BCUT2D eigenvalue weighted by atomic mass is 19.1. The number of H-pyrrole nitrogens is 1. The van der Waals surface area contributed by atoms with Crippen molar-refractivity contribution in [2.45, 2.75) is 38.1 Å². The number of amides is 1. The van der Waals surface area contributed by atoms with E-state index >= 15 is 0 Å². The number of ketones is 1. The van der Waals surface area contributed by atoms with E-state index in [0.29, 0.717) is 29.2 Å². The fourth-order valence-corrected chi connectivity index (χ4v) is 3.97. The Kier molecular flexibility index (Phi) is 6.21. The maximum absolute atomic E-state index is 13.5. The number of nitrogens with one attached hydrogen (secondary N) is 1. The van der Waals surface area contributed by atoms with Gasteiger partial charge < -0.3 is 9.88 Å². The molecule has 160 valence electrons. The lowest BCUT2D eigenvalue weighted by Crippen LogP contribution is -2.39.